The standard InChI is InChI=1S/C17H26FN3/c18-16-5-4-6-17(15(16)7-9-19)21-12-8-14(13-21)20-10-2-1-3-11-20/h4-6,14H,1-3,7-13,19H2. The van der Waals surface area contributed by atoms with Crippen molar-refractivity contribution in [2.75, 3.05) is 37.6 Å². The highest BCUT2D eigenvalue weighted by Gasteiger charge is 2.29. The minimum atomic E-state index is -0.112. The minimum Gasteiger partial charge on any atom is -0.370 e. The molecule has 1 atom stereocenters. The number of hydrogen-bond donors (Lipinski definition) is 1. The number of nitrogens with two attached hydrogens (primary N) is 1. The van der Waals surface area contributed by atoms with Crippen LogP contribution in [0.3, 0.4) is 0 Å². The SMILES string of the molecule is NCCc1c(F)cccc1N1CCC(N2CCCCC2)C1. The van der Waals surface area contributed by atoms with E-state index in [-0.39, 0.29) is 5.82 Å². The van der Waals surface area contributed by atoms with E-state index in [1.165, 1.54) is 38.8 Å². The molecular formula is C17H26FN3. The first kappa shape index (κ1) is 14.8. The van der Waals surface area contributed by atoms with Gasteiger partial charge in [0.1, 0.15) is 5.82 Å². The van der Waals surface area contributed by atoms with Gasteiger partial charge in [-0.2, -0.15) is 0 Å². The van der Waals surface area contributed by atoms with Gasteiger partial charge in [0.2, 0.25) is 0 Å². The van der Waals surface area contributed by atoms with E-state index in [0.29, 0.717) is 19.0 Å². The Balaban J connectivity index is 1.72. The van der Waals surface area contributed by atoms with Crippen LogP contribution in [-0.2, 0) is 6.42 Å². The maximum Gasteiger partial charge on any atom is 0.128 e. The third-order valence-electron chi connectivity index (χ3n) is 4.90. The number of piperidine rings is 1. The average molecular weight is 291 g/mol. The van der Waals surface area contributed by atoms with Crippen molar-refractivity contribution >= 4 is 5.69 Å². The molecule has 0 aliphatic carbocycles. The number of benzene rings is 1. The number of hydrogen-bond acceptors (Lipinski definition) is 3. The van der Waals surface area contributed by atoms with Crippen LogP contribution in [0.4, 0.5) is 10.1 Å². The van der Waals surface area contributed by atoms with Crippen molar-refractivity contribution < 1.29 is 4.39 Å². The smallest absolute Gasteiger partial charge is 0.128 e. The zero-order valence-electron chi connectivity index (χ0n) is 12.7. The molecule has 2 fully saturated rings. The lowest BCUT2D eigenvalue weighted by molar-refractivity contribution is 0.175. The van der Waals surface area contributed by atoms with E-state index >= 15 is 0 Å². The fourth-order valence-corrected chi connectivity index (χ4v) is 3.78. The highest BCUT2D eigenvalue weighted by atomic mass is 19.1. The minimum absolute atomic E-state index is 0.112. The van der Waals surface area contributed by atoms with Crippen molar-refractivity contribution in [2.45, 2.75) is 38.1 Å². The van der Waals surface area contributed by atoms with E-state index in [2.05, 4.69) is 9.80 Å². The molecule has 0 spiro atoms. The highest BCUT2D eigenvalue weighted by Crippen LogP contribution is 2.29. The molecule has 0 amide bonds. The van der Waals surface area contributed by atoms with Gasteiger partial charge in [-0.25, -0.2) is 4.39 Å². The zero-order valence-corrected chi connectivity index (χ0v) is 12.7. The van der Waals surface area contributed by atoms with Crippen molar-refractivity contribution in [3.05, 3.63) is 29.6 Å². The van der Waals surface area contributed by atoms with E-state index in [4.69, 9.17) is 5.73 Å². The largest absolute Gasteiger partial charge is 0.370 e. The first-order valence-corrected chi connectivity index (χ1v) is 8.26. The first-order valence-electron chi connectivity index (χ1n) is 8.26. The number of anilines is 1. The maximum absolute atomic E-state index is 14.0. The Morgan fingerprint density at radius 2 is 1.95 bits per heavy atom. The number of halogens is 1. The van der Waals surface area contributed by atoms with Crippen LogP contribution >= 0.6 is 0 Å². The lowest BCUT2D eigenvalue weighted by Gasteiger charge is -2.32. The summed E-state index contributed by atoms with van der Waals surface area (Å²) in [6, 6.07) is 6.05. The van der Waals surface area contributed by atoms with Gasteiger partial charge in [0.25, 0.3) is 0 Å². The summed E-state index contributed by atoms with van der Waals surface area (Å²) in [5, 5.41) is 0. The molecule has 1 unspecified atom stereocenters. The molecule has 116 valence electrons. The van der Waals surface area contributed by atoms with Gasteiger partial charge in [0.05, 0.1) is 0 Å². The van der Waals surface area contributed by atoms with Gasteiger partial charge >= 0.3 is 0 Å². The summed E-state index contributed by atoms with van der Waals surface area (Å²) in [6.45, 7) is 5.02. The number of likely N-dealkylation sites (tertiary alicyclic amines) is 1. The predicted octanol–water partition coefficient (Wildman–Crippen LogP) is 2.39. The Morgan fingerprint density at radius 3 is 2.71 bits per heavy atom. The summed E-state index contributed by atoms with van der Waals surface area (Å²) in [6.07, 6.45) is 5.84. The lowest BCUT2D eigenvalue weighted by Crippen LogP contribution is -2.41. The van der Waals surface area contributed by atoms with Crippen molar-refractivity contribution in [2.24, 2.45) is 5.73 Å². The maximum atomic E-state index is 14.0. The molecule has 1 aromatic carbocycles. The predicted molar refractivity (Wildman–Crippen MR) is 85.2 cm³/mol. The summed E-state index contributed by atoms with van der Waals surface area (Å²) in [5.41, 5.74) is 7.49. The van der Waals surface area contributed by atoms with Crippen LogP contribution in [0.2, 0.25) is 0 Å². The molecule has 3 nitrogen and oxygen atoms in total. The Kier molecular flexibility index (Phi) is 4.76. The Labute approximate surface area is 126 Å². The average Bonchev–Trinajstić information content (AvgIpc) is 3.00. The van der Waals surface area contributed by atoms with E-state index in [1.807, 2.05) is 12.1 Å². The molecule has 2 aliphatic rings. The monoisotopic (exact) mass is 291 g/mol. The summed E-state index contributed by atoms with van der Waals surface area (Å²) in [4.78, 5) is 4.98. The van der Waals surface area contributed by atoms with E-state index in [9.17, 15) is 4.39 Å². The second-order valence-electron chi connectivity index (χ2n) is 6.26. The fourth-order valence-electron chi connectivity index (χ4n) is 3.78. The second kappa shape index (κ2) is 6.75. The van der Waals surface area contributed by atoms with Gasteiger partial charge in [-0.05, 0) is 57.5 Å². The molecule has 21 heavy (non-hydrogen) atoms. The van der Waals surface area contributed by atoms with Gasteiger partial charge in [-0.3, -0.25) is 4.90 Å². The Bertz CT molecular complexity index is 471. The quantitative estimate of drug-likeness (QED) is 0.924. The van der Waals surface area contributed by atoms with Gasteiger partial charge in [-0.15, -0.1) is 0 Å². The molecule has 2 heterocycles. The molecule has 3 rings (SSSR count). The van der Waals surface area contributed by atoms with Crippen LogP contribution in [0.5, 0.6) is 0 Å². The van der Waals surface area contributed by atoms with Crippen LogP contribution < -0.4 is 10.6 Å². The van der Waals surface area contributed by atoms with Crippen molar-refractivity contribution in [1.29, 1.82) is 0 Å². The molecule has 0 bridgehead atoms. The summed E-state index contributed by atoms with van der Waals surface area (Å²) < 4.78 is 14.0. The summed E-state index contributed by atoms with van der Waals surface area (Å²) >= 11 is 0. The van der Waals surface area contributed by atoms with Gasteiger partial charge < -0.3 is 10.6 Å². The molecule has 2 saturated heterocycles. The van der Waals surface area contributed by atoms with Crippen LogP contribution in [0.25, 0.3) is 0 Å². The fraction of sp³-hybridized carbons (Fsp3) is 0.647. The normalized spacial score (nSPS) is 23.7. The molecule has 1 aromatic rings. The van der Waals surface area contributed by atoms with E-state index in [1.54, 1.807) is 6.07 Å². The van der Waals surface area contributed by atoms with E-state index < -0.39 is 0 Å². The van der Waals surface area contributed by atoms with Gasteiger partial charge in [0, 0.05) is 30.4 Å². The Hall–Kier alpha value is -1.13. The molecule has 4 heteroatoms. The summed E-state index contributed by atoms with van der Waals surface area (Å²) in [7, 11) is 0. The third kappa shape index (κ3) is 3.22. The second-order valence-corrected chi connectivity index (χ2v) is 6.26. The number of rotatable bonds is 4. The Morgan fingerprint density at radius 1 is 1.14 bits per heavy atom. The van der Waals surface area contributed by atoms with Crippen LogP contribution in [0.1, 0.15) is 31.2 Å². The third-order valence-corrected chi connectivity index (χ3v) is 4.90. The van der Waals surface area contributed by atoms with Crippen LogP contribution in [0, 0.1) is 5.82 Å². The zero-order chi connectivity index (χ0) is 14.7. The van der Waals surface area contributed by atoms with Crippen LogP contribution in [-0.4, -0.2) is 43.7 Å². The van der Waals surface area contributed by atoms with Crippen LogP contribution in [0.15, 0.2) is 18.2 Å². The molecule has 0 aromatic heterocycles. The molecule has 0 radical (unpaired) electrons. The molecule has 0 saturated carbocycles. The molecule has 2 aliphatic heterocycles. The number of nitrogens with zero attached hydrogens (tertiary/aromatic N) is 2. The van der Waals surface area contributed by atoms with E-state index in [0.717, 1.165) is 24.3 Å². The summed E-state index contributed by atoms with van der Waals surface area (Å²) in [5.74, 6) is -0.112. The van der Waals surface area contributed by atoms with Gasteiger partial charge in [0.15, 0.2) is 0 Å². The molecular weight excluding hydrogens is 265 g/mol. The lowest BCUT2D eigenvalue weighted by atomic mass is 10.1. The first-order chi connectivity index (χ1) is 10.3. The molecule has 2 N–H and O–H groups in total. The van der Waals surface area contributed by atoms with Crippen molar-refractivity contribution in [3.63, 3.8) is 0 Å². The topological polar surface area (TPSA) is 32.5 Å². The van der Waals surface area contributed by atoms with Crippen molar-refractivity contribution in [1.82, 2.24) is 4.90 Å². The highest BCUT2D eigenvalue weighted by molar-refractivity contribution is 5.55. The van der Waals surface area contributed by atoms with Crippen molar-refractivity contribution in [3.8, 4) is 0 Å². The van der Waals surface area contributed by atoms with Gasteiger partial charge in [-0.1, -0.05) is 12.5 Å².